The van der Waals surface area contributed by atoms with Gasteiger partial charge in [0.05, 0.1) is 0 Å². The van der Waals surface area contributed by atoms with Crippen molar-refractivity contribution in [3.63, 3.8) is 0 Å². The Morgan fingerprint density at radius 1 is 1.12 bits per heavy atom. The molecule has 0 radical (unpaired) electrons. The van der Waals surface area contributed by atoms with Gasteiger partial charge in [0, 0.05) is 0 Å². The summed E-state index contributed by atoms with van der Waals surface area (Å²) in [5.41, 5.74) is 0. The summed E-state index contributed by atoms with van der Waals surface area (Å²) in [4.78, 5) is 25.6. The van der Waals surface area contributed by atoms with Gasteiger partial charge in [0.2, 0.25) is 0 Å². The molecule has 0 bridgehead atoms. The van der Waals surface area contributed by atoms with Crippen molar-refractivity contribution in [2.45, 2.75) is 0 Å². The Labute approximate surface area is 154 Å². The van der Waals surface area contributed by atoms with E-state index in [1.807, 2.05) is 0 Å². The SMILES string of the molecule is O=P([O-])([O-])[O-].[Ba+2].[Ca+2].[Sr+2]. The van der Waals surface area contributed by atoms with Crippen LogP contribution in [0.5, 0.6) is 0 Å². The standard InChI is InChI=1S/Ba.Ca.H3O4P.Sr/c;;1-5(2,3)4;/h;;(H3,1,2,3,4);/q2*+2;;+2/p-3. The molecule has 0 aliphatic heterocycles. The van der Waals surface area contributed by atoms with Crippen LogP contribution in [-0.4, -0.2) is 132 Å². The zero-order valence-electron chi connectivity index (χ0n) is 4.20. The molecule has 0 atom stereocenters. The molecule has 0 saturated carbocycles. The Bertz CT molecular complexity index is 62.2. The summed E-state index contributed by atoms with van der Waals surface area (Å²) >= 11 is 0. The molecule has 32 valence electrons. The maximum atomic E-state index is 8.55. The molecule has 4 nitrogen and oxygen atoms in total. The zero-order valence-corrected chi connectivity index (χ0v) is 15.2. The normalized spacial score (nSPS) is 7.38. The summed E-state index contributed by atoms with van der Waals surface area (Å²) in [6.45, 7) is 0. The Morgan fingerprint density at radius 3 is 1.12 bits per heavy atom. The smallest absolute Gasteiger partial charge is 0.822 e. The monoisotopic (exact) mass is 361 g/mol. The van der Waals surface area contributed by atoms with Crippen molar-refractivity contribution in [1.29, 1.82) is 0 Å². The molecular formula is BaCaO4PSr+3. The average molecular weight is 360 g/mol. The van der Waals surface area contributed by atoms with Crippen LogP contribution in [0.15, 0.2) is 0 Å². The third-order valence-electron chi connectivity index (χ3n) is 0. The first-order valence-electron chi connectivity index (χ1n) is 0.730. The van der Waals surface area contributed by atoms with Gasteiger partial charge in [0.1, 0.15) is 0 Å². The van der Waals surface area contributed by atoms with Gasteiger partial charge in [-0.2, -0.15) is 7.82 Å². The number of rotatable bonds is 0. The molecule has 0 fully saturated rings. The van der Waals surface area contributed by atoms with Crippen molar-refractivity contribution >= 4 is 140 Å². The maximum absolute atomic E-state index is 8.55. The van der Waals surface area contributed by atoms with Gasteiger partial charge in [-0.15, -0.1) is 0 Å². The molecule has 0 aliphatic carbocycles. The number of phosphoric acid groups is 1. The molecule has 0 aromatic heterocycles. The van der Waals surface area contributed by atoms with Gasteiger partial charge in [-0.25, -0.2) is 0 Å². The van der Waals surface area contributed by atoms with Gasteiger partial charge >= 0.3 is 132 Å². The quantitative estimate of drug-likeness (QED) is 0.326. The topological polar surface area (TPSA) is 86.2 Å². The maximum Gasteiger partial charge on any atom is 2.00 e. The molecular weight excluding hydrogens is 360 g/mol. The van der Waals surface area contributed by atoms with Crippen LogP contribution in [0.2, 0.25) is 0 Å². The van der Waals surface area contributed by atoms with E-state index in [-0.39, 0.29) is 132 Å². The van der Waals surface area contributed by atoms with Gasteiger partial charge in [-0.05, 0) is 0 Å². The van der Waals surface area contributed by atoms with Crippen molar-refractivity contribution < 1.29 is 19.2 Å². The second-order valence-electron chi connectivity index (χ2n) is 0.447. The third-order valence-corrected chi connectivity index (χ3v) is 0. The summed E-state index contributed by atoms with van der Waals surface area (Å²) in [5.74, 6) is 0. The van der Waals surface area contributed by atoms with Crippen LogP contribution >= 0.6 is 7.82 Å². The molecule has 0 spiro atoms. The van der Waals surface area contributed by atoms with Crippen molar-refractivity contribution in [3.05, 3.63) is 0 Å². The fourth-order valence-electron chi connectivity index (χ4n) is 0. The van der Waals surface area contributed by atoms with Gasteiger partial charge in [0.25, 0.3) is 0 Å². The largest absolute Gasteiger partial charge is 2.00 e. The van der Waals surface area contributed by atoms with Gasteiger partial charge < -0.3 is 19.2 Å². The van der Waals surface area contributed by atoms with Crippen molar-refractivity contribution in [2.24, 2.45) is 0 Å². The van der Waals surface area contributed by atoms with Crippen LogP contribution in [0.1, 0.15) is 0 Å². The van der Waals surface area contributed by atoms with Crippen LogP contribution in [0.4, 0.5) is 0 Å². The molecule has 0 heterocycles. The number of hydrogen-bond donors (Lipinski definition) is 0. The first-order chi connectivity index (χ1) is 2.00. The molecule has 0 aromatic rings. The zero-order chi connectivity index (χ0) is 4.50. The second kappa shape index (κ2) is 11.4. The van der Waals surface area contributed by atoms with E-state index in [2.05, 4.69) is 0 Å². The van der Waals surface area contributed by atoms with Crippen molar-refractivity contribution in [2.75, 3.05) is 0 Å². The Kier molecular flexibility index (Phi) is 32.6. The number of hydrogen-bond acceptors (Lipinski definition) is 4. The minimum atomic E-state index is -5.39. The molecule has 0 unspecified atom stereocenters. The first-order valence-corrected chi connectivity index (χ1v) is 2.19. The fraction of sp³-hybridized carbons (Fsp3) is 0. The van der Waals surface area contributed by atoms with E-state index in [1.165, 1.54) is 0 Å². The Balaban J connectivity index is -0.0000000267. The molecule has 0 N–H and O–H groups in total. The molecule has 0 rings (SSSR count). The van der Waals surface area contributed by atoms with E-state index in [0.717, 1.165) is 0 Å². The minimum absolute atomic E-state index is 0. The van der Waals surface area contributed by atoms with Gasteiger partial charge in [0.15, 0.2) is 0 Å². The van der Waals surface area contributed by atoms with Crippen molar-refractivity contribution in [3.8, 4) is 0 Å². The average Bonchev–Trinajstić information content (AvgIpc) is 0.722. The van der Waals surface area contributed by atoms with E-state index in [9.17, 15) is 0 Å². The predicted octanol–water partition coefficient (Wildman–Crippen LogP) is -3.97. The van der Waals surface area contributed by atoms with E-state index >= 15 is 0 Å². The minimum Gasteiger partial charge on any atom is -0.822 e. The molecule has 0 aromatic carbocycles. The second-order valence-corrected chi connectivity index (χ2v) is 1.34. The predicted molar refractivity (Wildman–Crippen MR) is 24.9 cm³/mol. The molecule has 8 heavy (non-hydrogen) atoms. The van der Waals surface area contributed by atoms with E-state index in [0.29, 0.717) is 0 Å². The Morgan fingerprint density at radius 2 is 1.12 bits per heavy atom. The van der Waals surface area contributed by atoms with Crippen molar-refractivity contribution in [1.82, 2.24) is 0 Å². The van der Waals surface area contributed by atoms with Gasteiger partial charge in [-0.1, -0.05) is 0 Å². The van der Waals surface area contributed by atoms with E-state index in [1.54, 1.807) is 0 Å². The van der Waals surface area contributed by atoms with Gasteiger partial charge in [-0.3, -0.25) is 0 Å². The van der Waals surface area contributed by atoms with Crippen LogP contribution < -0.4 is 14.7 Å². The van der Waals surface area contributed by atoms with E-state index in [4.69, 9.17) is 19.2 Å². The molecule has 8 heteroatoms. The molecule has 0 amide bonds. The van der Waals surface area contributed by atoms with Crippen LogP contribution in [-0.2, 0) is 4.57 Å². The Hall–Kier alpha value is 4.42. The molecule has 0 saturated heterocycles. The van der Waals surface area contributed by atoms with Crippen LogP contribution in [0.3, 0.4) is 0 Å². The summed E-state index contributed by atoms with van der Waals surface area (Å²) < 4.78 is 8.55. The van der Waals surface area contributed by atoms with Crippen LogP contribution in [0.25, 0.3) is 0 Å². The molecule has 0 aliphatic rings. The summed E-state index contributed by atoms with van der Waals surface area (Å²) in [6, 6.07) is 0. The summed E-state index contributed by atoms with van der Waals surface area (Å²) in [6.07, 6.45) is 0. The summed E-state index contributed by atoms with van der Waals surface area (Å²) in [5, 5.41) is 0. The summed E-state index contributed by atoms with van der Waals surface area (Å²) in [7, 11) is -5.39. The van der Waals surface area contributed by atoms with Crippen LogP contribution in [0, 0.1) is 0 Å². The van der Waals surface area contributed by atoms with E-state index < -0.39 is 7.82 Å². The fourth-order valence-corrected chi connectivity index (χ4v) is 0. The first kappa shape index (κ1) is 22.8. The third kappa shape index (κ3) is 47.3.